The van der Waals surface area contributed by atoms with Gasteiger partial charge >= 0.3 is 26.2 Å². The topological polar surface area (TPSA) is 0 Å². The smallest absolute Gasteiger partial charge is 0.344 e. The van der Waals surface area contributed by atoms with Gasteiger partial charge in [-0.3, -0.25) is 12.2 Å². The molecule has 0 heterocycles. The molecule has 0 saturated carbocycles. The van der Waals surface area contributed by atoms with E-state index in [1.165, 1.54) is 0 Å². The zero-order valence-corrected chi connectivity index (χ0v) is 11.3. The van der Waals surface area contributed by atoms with Crippen LogP contribution in [-0.2, 0) is 26.2 Å². The summed E-state index contributed by atoms with van der Waals surface area (Å²) in [6, 6.07) is 0. The molecular weight excluding hydrogens is 247 g/mol. The SMILES string of the molecule is [C-]1=CC=CC1.[C-]1=CC=CC1.[CH2-]CC.[Zr+3]. The van der Waals surface area contributed by atoms with Gasteiger partial charge in [0.15, 0.2) is 0 Å². The van der Waals surface area contributed by atoms with E-state index in [2.05, 4.69) is 31.2 Å². The second kappa shape index (κ2) is 15.3. The Balaban J connectivity index is 0. The molecule has 0 bridgehead atoms. The third-order valence-electron chi connectivity index (χ3n) is 1.17. The van der Waals surface area contributed by atoms with Gasteiger partial charge in [0.25, 0.3) is 0 Å². The maximum atomic E-state index is 3.49. The van der Waals surface area contributed by atoms with Crippen LogP contribution in [0.4, 0.5) is 0 Å². The van der Waals surface area contributed by atoms with Gasteiger partial charge in [0.1, 0.15) is 0 Å². The second-order valence-electron chi connectivity index (χ2n) is 2.51. The van der Waals surface area contributed by atoms with Crippen molar-refractivity contribution >= 4 is 0 Å². The summed E-state index contributed by atoms with van der Waals surface area (Å²) in [6.07, 6.45) is 21.0. The fraction of sp³-hybridized carbons (Fsp3) is 0.308. The van der Waals surface area contributed by atoms with E-state index in [1.807, 2.05) is 31.2 Å². The minimum Gasteiger partial charge on any atom is -0.344 e. The number of hydrogen-bond acceptors (Lipinski definition) is 0. The standard InChI is InChI=1S/2C5H5.C3H7.Zr/c2*1-2-4-5-3-1;1-3-2;/h2*1-3H,4H2;1,3H2,2H3;/q3*-1;+3. The third kappa shape index (κ3) is 14.4. The number of allylic oxidation sites excluding steroid dienone is 8. The van der Waals surface area contributed by atoms with Crippen LogP contribution >= 0.6 is 0 Å². The molecule has 0 nitrogen and oxygen atoms in total. The van der Waals surface area contributed by atoms with Crippen LogP contribution in [0.15, 0.2) is 36.5 Å². The maximum Gasteiger partial charge on any atom is 3.00 e. The Morgan fingerprint density at radius 2 is 1.43 bits per heavy atom. The molecule has 2 rings (SSSR count). The molecule has 0 aromatic rings. The molecule has 0 aromatic heterocycles. The normalized spacial score (nSPS) is 13.9. The van der Waals surface area contributed by atoms with Gasteiger partial charge < -0.3 is 6.92 Å². The van der Waals surface area contributed by atoms with Crippen molar-refractivity contribution in [2.24, 2.45) is 0 Å². The Labute approximate surface area is 108 Å². The van der Waals surface area contributed by atoms with Crippen molar-refractivity contribution in [2.45, 2.75) is 26.2 Å². The van der Waals surface area contributed by atoms with Gasteiger partial charge in [0, 0.05) is 0 Å². The summed E-state index contributed by atoms with van der Waals surface area (Å²) < 4.78 is 0. The molecule has 0 unspecified atom stereocenters. The van der Waals surface area contributed by atoms with Crippen LogP contribution in [0.1, 0.15) is 26.2 Å². The molecule has 14 heavy (non-hydrogen) atoms. The van der Waals surface area contributed by atoms with E-state index in [9.17, 15) is 0 Å². The van der Waals surface area contributed by atoms with Gasteiger partial charge in [-0.2, -0.15) is 18.6 Å². The molecule has 1 radical (unpaired) electrons. The monoisotopic (exact) mass is 263 g/mol. The Bertz CT molecular complexity index is 155. The van der Waals surface area contributed by atoms with Crippen LogP contribution in [0.2, 0.25) is 0 Å². The van der Waals surface area contributed by atoms with Crippen LogP contribution in [0, 0.1) is 19.1 Å². The quantitative estimate of drug-likeness (QED) is 0.583. The Morgan fingerprint density at radius 1 is 1.07 bits per heavy atom. The fourth-order valence-corrected chi connectivity index (χ4v) is 0.680. The van der Waals surface area contributed by atoms with Crippen LogP contribution in [-0.4, -0.2) is 0 Å². The van der Waals surface area contributed by atoms with Crippen LogP contribution in [0.25, 0.3) is 0 Å². The van der Waals surface area contributed by atoms with Gasteiger partial charge in [-0.15, -0.1) is 12.8 Å². The van der Waals surface area contributed by atoms with Crippen molar-refractivity contribution < 1.29 is 26.2 Å². The predicted molar refractivity (Wildman–Crippen MR) is 58.8 cm³/mol. The van der Waals surface area contributed by atoms with E-state index in [0.29, 0.717) is 0 Å². The average molecular weight is 265 g/mol. The molecule has 2 aliphatic carbocycles. The fourth-order valence-electron chi connectivity index (χ4n) is 0.680. The van der Waals surface area contributed by atoms with Crippen molar-refractivity contribution in [3.05, 3.63) is 55.5 Å². The Hall–Kier alpha value is -0.157. The largest absolute Gasteiger partial charge is 3.00 e. The first kappa shape index (κ1) is 16.3. The molecule has 0 amide bonds. The minimum atomic E-state index is 0. The van der Waals surface area contributed by atoms with Crippen LogP contribution < -0.4 is 0 Å². The first-order valence-corrected chi connectivity index (χ1v) is 4.64. The summed E-state index contributed by atoms with van der Waals surface area (Å²) in [6.45, 7) is 5.50. The Kier molecular flexibility index (Phi) is 17.8. The molecule has 0 aliphatic heterocycles. The van der Waals surface area contributed by atoms with E-state index in [-0.39, 0.29) is 26.2 Å². The van der Waals surface area contributed by atoms with E-state index >= 15 is 0 Å². The van der Waals surface area contributed by atoms with E-state index in [1.54, 1.807) is 0 Å². The summed E-state index contributed by atoms with van der Waals surface area (Å²) in [4.78, 5) is 0. The predicted octanol–water partition coefficient (Wildman–Crippen LogP) is 3.84. The molecule has 1 heteroatoms. The zero-order valence-electron chi connectivity index (χ0n) is 8.79. The summed E-state index contributed by atoms with van der Waals surface area (Å²) in [5, 5.41) is 0. The number of hydrogen-bond donors (Lipinski definition) is 0. The van der Waals surface area contributed by atoms with E-state index < -0.39 is 0 Å². The zero-order chi connectivity index (χ0) is 9.78. The summed E-state index contributed by atoms with van der Waals surface area (Å²) in [7, 11) is 0. The molecule has 0 spiro atoms. The first-order chi connectivity index (χ1) is 6.41. The van der Waals surface area contributed by atoms with Crippen molar-refractivity contribution in [1.29, 1.82) is 0 Å². The molecule has 0 N–H and O–H groups in total. The second-order valence-corrected chi connectivity index (χ2v) is 2.51. The summed E-state index contributed by atoms with van der Waals surface area (Å²) >= 11 is 0. The molecule has 0 atom stereocenters. The summed E-state index contributed by atoms with van der Waals surface area (Å²) in [5.74, 6) is 0. The molecule has 2 aliphatic rings. The van der Waals surface area contributed by atoms with Crippen molar-refractivity contribution in [2.75, 3.05) is 0 Å². The average Bonchev–Trinajstić information content (AvgIpc) is 2.85. The number of rotatable bonds is 0. The van der Waals surface area contributed by atoms with Gasteiger partial charge in [-0.25, -0.2) is 24.3 Å². The molecule has 0 fully saturated rings. The molecule has 0 saturated heterocycles. The van der Waals surface area contributed by atoms with Crippen molar-refractivity contribution in [1.82, 2.24) is 0 Å². The van der Waals surface area contributed by atoms with Crippen molar-refractivity contribution in [3.8, 4) is 0 Å². The molecule has 0 aromatic carbocycles. The van der Waals surface area contributed by atoms with Crippen LogP contribution in [0.5, 0.6) is 0 Å². The molecule has 73 valence electrons. The molecular formula is C13H17Zr. The third-order valence-corrected chi connectivity index (χ3v) is 1.17. The van der Waals surface area contributed by atoms with Gasteiger partial charge in [0.2, 0.25) is 0 Å². The van der Waals surface area contributed by atoms with E-state index in [0.717, 1.165) is 19.3 Å². The first-order valence-electron chi connectivity index (χ1n) is 4.64. The van der Waals surface area contributed by atoms with Gasteiger partial charge in [-0.05, 0) is 0 Å². The Morgan fingerprint density at radius 3 is 1.50 bits per heavy atom. The summed E-state index contributed by atoms with van der Waals surface area (Å²) in [5.41, 5.74) is 0. The maximum absolute atomic E-state index is 3.49. The van der Waals surface area contributed by atoms with Gasteiger partial charge in [-0.1, -0.05) is 6.92 Å². The van der Waals surface area contributed by atoms with Crippen molar-refractivity contribution in [3.63, 3.8) is 0 Å². The van der Waals surface area contributed by atoms with Crippen LogP contribution in [0.3, 0.4) is 0 Å². The van der Waals surface area contributed by atoms with Gasteiger partial charge in [0.05, 0.1) is 0 Å². The van der Waals surface area contributed by atoms with E-state index in [4.69, 9.17) is 0 Å². The minimum absolute atomic E-state index is 0.